The van der Waals surface area contributed by atoms with Crippen LogP contribution in [0, 0.1) is 0 Å². The minimum absolute atomic E-state index is 0.100. The van der Waals surface area contributed by atoms with Crippen molar-refractivity contribution in [2.24, 2.45) is 0 Å². The van der Waals surface area contributed by atoms with Gasteiger partial charge in [0.15, 0.2) is 0 Å². The number of halogens is 1. The van der Waals surface area contributed by atoms with Crippen LogP contribution < -0.4 is 0 Å². The Balaban J connectivity index is 2.31. The number of benzene rings is 1. The van der Waals surface area contributed by atoms with Gasteiger partial charge in [-0.05, 0) is 30.5 Å². The summed E-state index contributed by atoms with van der Waals surface area (Å²) < 4.78 is 1.04. The van der Waals surface area contributed by atoms with Gasteiger partial charge in [0.05, 0.1) is 33.8 Å². The zero-order chi connectivity index (χ0) is 13.2. The van der Waals surface area contributed by atoms with Crippen molar-refractivity contribution in [2.75, 3.05) is 33.8 Å². The van der Waals surface area contributed by atoms with Crippen molar-refractivity contribution in [3.63, 3.8) is 0 Å². The molecule has 0 saturated carbocycles. The molecule has 0 aliphatic carbocycles. The average Bonchev–Trinajstić information content (AvgIpc) is 2.49. The van der Waals surface area contributed by atoms with E-state index in [-0.39, 0.29) is 12.0 Å². The van der Waals surface area contributed by atoms with Crippen LogP contribution in [0.15, 0.2) is 24.3 Å². The normalized spacial score (nSPS) is 27.8. The Labute approximate surface area is 115 Å². The molecule has 1 saturated heterocycles. The molecular formula is C15H23ClNO+. The Bertz CT molecular complexity index is 419. The summed E-state index contributed by atoms with van der Waals surface area (Å²) in [6.07, 6.45) is 3.22. The van der Waals surface area contributed by atoms with Gasteiger partial charge in [-0.1, -0.05) is 23.7 Å². The first-order valence-electron chi connectivity index (χ1n) is 6.66. The molecule has 1 N–H and O–H groups in total. The lowest BCUT2D eigenvalue weighted by atomic mass is 9.75. The fraction of sp³-hybridized carbons (Fsp3) is 0.600. The smallest absolute Gasteiger partial charge is 0.0792 e. The first-order chi connectivity index (χ1) is 8.47. The molecule has 0 radical (unpaired) electrons. The van der Waals surface area contributed by atoms with Crippen LogP contribution in [0.4, 0.5) is 0 Å². The maximum atomic E-state index is 9.93. The van der Waals surface area contributed by atoms with Crippen molar-refractivity contribution < 1.29 is 9.59 Å². The predicted octanol–water partition coefficient (Wildman–Crippen LogP) is 2.83. The summed E-state index contributed by atoms with van der Waals surface area (Å²) in [5.41, 5.74) is 1.09. The molecule has 0 aromatic heterocycles. The van der Waals surface area contributed by atoms with Crippen molar-refractivity contribution in [3.8, 4) is 0 Å². The van der Waals surface area contributed by atoms with Crippen molar-refractivity contribution in [1.82, 2.24) is 0 Å². The molecule has 18 heavy (non-hydrogen) atoms. The summed E-state index contributed by atoms with van der Waals surface area (Å²) in [5, 5.41) is 10.7. The largest absolute Gasteiger partial charge is 0.395 e. The van der Waals surface area contributed by atoms with Crippen LogP contribution in [0.1, 0.15) is 24.8 Å². The van der Waals surface area contributed by atoms with Crippen molar-refractivity contribution in [3.05, 3.63) is 34.9 Å². The highest BCUT2D eigenvalue weighted by Crippen LogP contribution is 2.36. The third-order valence-electron chi connectivity index (χ3n) is 4.35. The molecule has 0 bridgehead atoms. The average molecular weight is 269 g/mol. The Hall–Kier alpha value is -0.570. The number of hydrogen-bond acceptors (Lipinski definition) is 1. The monoisotopic (exact) mass is 268 g/mol. The molecule has 1 heterocycles. The van der Waals surface area contributed by atoms with Gasteiger partial charge in [-0.3, -0.25) is 0 Å². The summed E-state index contributed by atoms with van der Waals surface area (Å²) in [6, 6.07) is 8.00. The molecule has 1 aliphatic heterocycles. The molecular weight excluding hydrogens is 246 g/mol. The molecule has 3 heteroatoms. The maximum absolute atomic E-state index is 9.93. The molecule has 1 unspecified atom stereocenters. The predicted molar refractivity (Wildman–Crippen MR) is 75.9 cm³/mol. The van der Waals surface area contributed by atoms with Gasteiger partial charge in [-0.2, -0.15) is 0 Å². The van der Waals surface area contributed by atoms with Crippen LogP contribution in [0.3, 0.4) is 0 Å². The lowest BCUT2D eigenvalue weighted by Crippen LogP contribution is -2.41. The van der Waals surface area contributed by atoms with Crippen LogP contribution in [0.2, 0.25) is 5.02 Å². The maximum Gasteiger partial charge on any atom is 0.0792 e. The van der Waals surface area contributed by atoms with E-state index in [1.54, 1.807) is 0 Å². The highest BCUT2D eigenvalue weighted by atomic mass is 35.5. The van der Waals surface area contributed by atoms with Gasteiger partial charge >= 0.3 is 0 Å². The standard InChI is InChI=1S/C15H23ClNO/c1-17(2)9-4-7-15(12-18,8-10-17)13-5-3-6-14(16)11-13/h3,5-6,11,18H,4,7-10,12H2,1-2H3/q+1. The van der Waals surface area contributed by atoms with Crippen LogP contribution in [-0.4, -0.2) is 43.4 Å². The van der Waals surface area contributed by atoms with Crippen LogP contribution in [0.5, 0.6) is 0 Å². The van der Waals surface area contributed by atoms with E-state index in [2.05, 4.69) is 20.2 Å². The van der Waals surface area contributed by atoms with Gasteiger partial charge in [-0.15, -0.1) is 0 Å². The Kier molecular flexibility index (Phi) is 4.00. The molecule has 0 amide bonds. The summed E-state index contributed by atoms with van der Waals surface area (Å²) >= 11 is 6.09. The molecule has 1 fully saturated rings. The SMILES string of the molecule is C[N+]1(C)CCCC(CO)(c2cccc(Cl)c2)CC1. The lowest BCUT2D eigenvalue weighted by Gasteiger charge is -2.32. The zero-order valence-electron chi connectivity index (χ0n) is 11.3. The molecule has 2 rings (SSSR count). The van der Waals surface area contributed by atoms with Gasteiger partial charge in [0.1, 0.15) is 0 Å². The highest BCUT2D eigenvalue weighted by molar-refractivity contribution is 6.30. The number of nitrogens with zero attached hydrogens (tertiary/aromatic N) is 1. The minimum Gasteiger partial charge on any atom is -0.395 e. The Morgan fingerprint density at radius 1 is 1.28 bits per heavy atom. The van der Waals surface area contributed by atoms with Gasteiger partial charge in [0, 0.05) is 16.9 Å². The molecule has 1 aromatic carbocycles. The first-order valence-corrected chi connectivity index (χ1v) is 7.04. The number of likely N-dealkylation sites (tertiary alicyclic amines) is 1. The molecule has 1 aromatic rings. The van der Waals surface area contributed by atoms with Crippen LogP contribution in [-0.2, 0) is 5.41 Å². The van der Waals surface area contributed by atoms with Gasteiger partial charge in [0.2, 0.25) is 0 Å². The fourth-order valence-corrected chi connectivity index (χ4v) is 3.15. The summed E-state index contributed by atoms with van der Waals surface area (Å²) in [7, 11) is 4.54. The van der Waals surface area contributed by atoms with Crippen LogP contribution >= 0.6 is 11.6 Å². The number of hydrogen-bond donors (Lipinski definition) is 1. The Morgan fingerprint density at radius 3 is 2.72 bits per heavy atom. The minimum atomic E-state index is -0.100. The lowest BCUT2D eigenvalue weighted by molar-refractivity contribution is -0.889. The second-order valence-electron chi connectivity index (χ2n) is 6.19. The number of quaternary nitrogens is 1. The summed E-state index contributed by atoms with van der Waals surface area (Å²) in [5.74, 6) is 0. The fourth-order valence-electron chi connectivity index (χ4n) is 2.96. The molecule has 1 aliphatic rings. The zero-order valence-corrected chi connectivity index (χ0v) is 12.1. The van der Waals surface area contributed by atoms with E-state index < -0.39 is 0 Å². The van der Waals surface area contributed by atoms with Gasteiger partial charge in [-0.25, -0.2) is 0 Å². The van der Waals surface area contributed by atoms with E-state index in [1.165, 1.54) is 12.1 Å². The molecule has 1 atom stereocenters. The van der Waals surface area contributed by atoms with E-state index in [0.29, 0.717) is 0 Å². The Morgan fingerprint density at radius 2 is 2.06 bits per heavy atom. The van der Waals surface area contributed by atoms with Gasteiger partial charge < -0.3 is 9.59 Å². The van der Waals surface area contributed by atoms with Crippen molar-refractivity contribution >= 4 is 11.6 Å². The van der Waals surface area contributed by atoms with Crippen molar-refractivity contribution in [2.45, 2.75) is 24.7 Å². The topological polar surface area (TPSA) is 20.2 Å². The van der Waals surface area contributed by atoms with Gasteiger partial charge in [0.25, 0.3) is 0 Å². The summed E-state index contributed by atoms with van der Waals surface area (Å²) in [6.45, 7) is 2.50. The molecule has 2 nitrogen and oxygen atoms in total. The number of aliphatic hydroxyl groups is 1. The highest BCUT2D eigenvalue weighted by Gasteiger charge is 2.37. The molecule has 0 spiro atoms. The number of rotatable bonds is 2. The molecule has 100 valence electrons. The third-order valence-corrected chi connectivity index (χ3v) is 4.59. The van der Waals surface area contributed by atoms with E-state index in [1.807, 2.05) is 18.2 Å². The first kappa shape index (κ1) is 13.9. The van der Waals surface area contributed by atoms with Crippen LogP contribution in [0.25, 0.3) is 0 Å². The summed E-state index contributed by atoms with van der Waals surface area (Å²) in [4.78, 5) is 0. The van der Waals surface area contributed by atoms with E-state index >= 15 is 0 Å². The third kappa shape index (κ3) is 2.87. The van der Waals surface area contributed by atoms with E-state index in [0.717, 1.165) is 35.3 Å². The van der Waals surface area contributed by atoms with Crippen molar-refractivity contribution in [1.29, 1.82) is 0 Å². The van der Waals surface area contributed by atoms with E-state index in [9.17, 15) is 5.11 Å². The number of aliphatic hydroxyl groups excluding tert-OH is 1. The second-order valence-corrected chi connectivity index (χ2v) is 6.62. The quantitative estimate of drug-likeness (QED) is 0.818. The van der Waals surface area contributed by atoms with E-state index in [4.69, 9.17) is 11.6 Å². The second kappa shape index (κ2) is 5.20.